The average molecular weight is 638 g/mol. The molecule has 0 bridgehead atoms. The monoisotopic (exact) mass is 637 g/mol. The summed E-state index contributed by atoms with van der Waals surface area (Å²) in [7, 11) is 0. The Labute approximate surface area is 291 Å². The van der Waals surface area contributed by atoms with Crippen LogP contribution in [-0.4, -0.2) is 15.0 Å². The van der Waals surface area contributed by atoms with Crippen LogP contribution < -0.4 is 0 Å². The number of benzene rings is 8. The van der Waals surface area contributed by atoms with Crippen molar-refractivity contribution < 1.29 is 0 Å². The highest BCUT2D eigenvalue weighted by Crippen LogP contribution is 2.37. The zero-order valence-electron chi connectivity index (χ0n) is 27.2. The predicted octanol–water partition coefficient (Wildman–Crippen LogP) is 12.2. The molecule has 3 nitrogen and oxygen atoms in total. The maximum absolute atomic E-state index is 5.22. The number of hydrogen-bond acceptors (Lipinski definition) is 3. The average Bonchev–Trinajstić information content (AvgIpc) is 3.21. The van der Waals surface area contributed by atoms with Crippen molar-refractivity contribution in [2.24, 2.45) is 0 Å². The molecule has 0 saturated carbocycles. The summed E-state index contributed by atoms with van der Waals surface area (Å²) in [5.74, 6) is 1.92. The van der Waals surface area contributed by atoms with Gasteiger partial charge in [-0.15, -0.1) is 0 Å². The molecule has 0 aliphatic carbocycles. The van der Waals surface area contributed by atoms with Crippen molar-refractivity contribution >= 4 is 21.5 Å². The minimum absolute atomic E-state index is 0.633. The van der Waals surface area contributed by atoms with Crippen molar-refractivity contribution in [3.8, 4) is 67.5 Å². The van der Waals surface area contributed by atoms with Gasteiger partial charge in [0.05, 0.1) is 0 Å². The van der Waals surface area contributed by atoms with Gasteiger partial charge in [0, 0.05) is 16.7 Å². The molecule has 0 N–H and O–H groups in total. The van der Waals surface area contributed by atoms with Crippen LogP contribution in [0.4, 0.5) is 0 Å². The zero-order valence-corrected chi connectivity index (χ0v) is 27.2. The molecule has 0 unspecified atom stereocenters. The van der Waals surface area contributed by atoms with Crippen molar-refractivity contribution in [1.29, 1.82) is 0 Å². The highest BCUT2D eigenvalue weighted by Gasteiger charge is 2.17. The van der Waals surface area contributed by atoms with E-state index in [2.05, 4.69) is 164 Å². The molecule has 0 aliphatic rings. The zero-order chi connectivity index (χ0) is 33.3. The van der Waals surface area contributed by atoms with Gasteiger partial charge in [-0.05, 0) is 85.3 Å². The first-order valence-electron chi connectivity index (χ1n) is 16.9. The minimum atomic E-state index is 0.633. The summed E-state index contributed by atoms with van der Waals surface area (Å²) in [6.45, 7) is 0. The Bertz CT molecular complexity index is 2630. The van der Waals surface area contributed by atoms with E-state index < -0.39 is 0 Å². The second-order valence-electron chi connectivity index (χ2n) is 12.5. The third-order valence-electron chi connectivity index (χ3n) is 9.28. The fourth-order valence-electron chi connectivity index (χ4n) is 6.81. The Morgan fingerprint density at radius 1 is 0.240 bits per heavy atom. The van der Waals surface area contributed by atoms with E-state index in [1.54, 1.807) is 0 Å². The first-order valence-corrected chi connectivity index (χ1v) is 16.9. The fourth-order valence-corrected chi connectivity index (χ4v) is 6.81. The molecule has 0 saturated heterocycles. The molecule has 8 aromatic carbocycles. The van der Waals surface area contributed by atoms with E-state index in [1.807, 2.05) is 24.3 Å². The lowest BCUT2D eigenvalue weighted by Crippen LogP contribution is -2.01. The van der Waals surface area contributed by atoms with Crippen LogP contribution in [0, 0.1) is 0 Å². The number of fused-ring (bicyclic) bond motifs is 2. The van der Waals surface area contributed by atoms with Crippen LogP contribution in [0.3, 0.4) is 0 Å². The van der Waals surface area contributed by atoms with Gasteiger partial charge in [-0.2, -0.15) is 0 Å². The number of nitrogens with zero attached hydrogens (tertiary/aromatic N) is 3. The molecular weight excluding hydrogens is 607 g/mol. The van der Waals surface area contributed by atoms with Crippen molar-refractivity contribution in [3.63, 3.8) is 0 Å². The number of rotatable bonds is 6. The van der Waals surface area contributed by atoms with Gasteiger partial charge in [0.25, 0.3) is 0 Å². The van der Waals surface area contributed by atoms with Crippen molar-refractivity contribution in [3.05, 3.63) is 188 Å². The predicted molar refractivity (Wildman–Crippen MR) is 207 cm³/mol. The lowest BCUT2D eigenvalue weighted by atomic mass is 9.92. The van der Waals surface area contributed by atoms with Crippen molar-refractivity contribution in [2.75, 3.05) is 0 Å². The van der Waals surface area contributed by atoms with Crippen LogP contribution >= 0.6 is 0 Å². The SMILES string of the molecule is c1ccc(-c2cc(-c3cccc(-c4nc(-c5ccccc5)nc(-c5cc(-c6ccccc6)cc6ccccc56)n4)c3)c3ccccc3c2)cc1. The quantitative estimate of drug-likeness (QED) is 0.182. The first kappa shape index (κ1) is 29.4. The summed E-state index contributed by atoms with van der Waals surface area (Å²) in [6, 6.07) is 65.9. The van der Waals surface area contributed by atoms with Crippen LogP contribution in [0.25, 0.3) is 89.1 Å². The highest BCUT2D eigenvalue weighted by atomic mass is 15.0. The Morgan fingerprint density at radius 2 is 0.660 bits per heavy atom. The molecule has 234 valence electrons. The summed E-state index contributed by atoms with van der Waals surface area (Å²) >= 11 is 0. The number of aromatic nitrogens is 3. The second kappa shape index (κ2) is 12.7. The largest absolute Gasteiger partial charge is 0.208 e. The number of hydrogen-bond donors (Lipinski definition) is 0. The lowest BCUT2D eigenvalue weighted by molar-refractivity contribution is 1.08. The highest BCUT2D eigenvalue weighted by molar-refractivity contribution is 6.01. The molecule has 0 atom stereocenters. The molecule has 3 heteroatoms. The van der Waals surface area contributed by atoms with E-state index >= 15 is 0 Å². The molecule has 1 heterocycles. The summed E-state index contributed by atoms with van der Waals surface area (Å²) < 4.78 is 0. The third kappa shape index (κ3) is 5.61. The molecule has 0 spiro atoms. The molecular formula is C47H31N3. The first-order chi connectivity index (χ1) is 24.8. The van der Waals surface area contributed by atoms with Gasteiger partial charge in [-0.1, -0.05) is 158 Å². The van der Waals surface area contributed by atoms with Gasteiger partial charge >= 0.3 is 0 Å². The lowest BCUT2D eigenvalue weighted by Gasteiger charge is -2.14. The van der Waals surface area contributed by atoms with Crippen LogP contribution in [0.2, 0.25) is 0 Å². The Balaban J connectivity index is 1.25. The summed E-state index contributed by atoms with van der Waals surface area (Å²) in [4.78, 5) is 15.5. The van der Waals surface area contributed by atoms with E-state index in [4.69, 9.17) is 15.0 Å². The summed E-state index contributed by atoms with van der Waals surface area (Å²) in [6.07, 6.45) is 0. The van der Waals surface area contributed by atoms with Gasteiger partial charge < -0.3 is 0 Å². The maximum atomic E-state index is 5.22. The fraction of sp³-hybridized carbons (Fsp3) is 0. The maximum Gasteiger partial charge on any atom is 0.164 e. The third-order valence-corrected chi connectivity index (χ3v) is 9.28. The van der Waals surface area contributed by atoms with Crippen LogP contribution in [-0.2, 0) is 0 Å². The molecule has 0 radical (unpaired) electrons. The van der Waals surface area contributed by atoms with Crippen LogP contribution in [0.1, 0.15) is 0 Å². The molecule has 0 amide bonds. The topological polar surface area (TPSA) is 38.7 Å². The van der Waals surface area contributed by atoms with Crippen LogP contribution in [0.5, 0.6) is 0 Å². The van der Waals surface area contributed by atoms with Crippen molar-refractivity contribution in [1.82, 2.24) is 15.0 Å². The van der Waals surface area contributed by atoms with E-state index in [1.165, 1.54) is 27.5 Å². The van der Waals surface area contributed by atoms with Gasteiger partial charge in [0.1, 0.15) is 0 Å². The van der Waals surface area contributed by atoms with E-state index in [9.17, 15) is 0 Å². The van der Waals surface area contributed by atoms with Gasteiger partial charge in [0.15, 0.2) is 17.5 Å². The van der Waals surface area contributed by atoms with E-state index in [-0.39, 0.29) is 0 Å². The molecule has 1 aromatic heterocycles. The van der Waals surface area contributed by atoms with Gasteiger partial charge in [0.2, 0.25) is 0 Å². The van der Waals surface area contributed by atoms with Gasteiger partial charge in [-0.25, -0.2) is 15.0 Å². The smallest absolute Gasteiger partial charge is 0.164 e. The Morgan fingerprint density at radius 3 is 1.26 bits per heavy atom. The normalized spacial score (nSPS) is 11.2. The summed E-state index contributed by atoms with van der Waals surface area (Å²) in [5.41, 5.74) is 9.77. The summed E-state index contributed by atoms with van der Waals surface area (Å²) in [5, 5.41) is 4.64. The molecule has 0 aliphatic heterocycles. The van der Waals surface area contributed by atoms with Gasteiger partial charge in [-0.3, -0.25) is 0 Å². The molecule has 50 heavy (non-hydrogen) atoms. The Hall–Kier alpha value is -6.71. The van der Waals surface area contributed by atoms with E-state index in [0.29, 0.717) is 17.5 Å². The van der Waals surface area contributed by atoms with Crippen LogP contribution in [0.15, 0.2) is 188 Å². The van der Waals surface area contributed by atoms with E-state index in [0.717, 1.165) is 44.2 Å². The van der Waals surface area contributed by atoms with Crippen molar-refractivity contribution in [2.45, 2.75) is 0 Å². The standard InChI is InChI=1S/C47H31N3/c1-4-15-32(16-5-1)39-28-35-21-10-12-25-41(35)43(30-39)37-23-14-24-38(27-37)46-48-45(34-19-8-3-9-20-34)49-47(50-46)44-31-40(33-17-6-2-7-18-33)29-36-22-11-13-26-42(36)44/h1-31H. The molecule has 9 rings (SSSR count). The molecule has 9 aromatic rings. The second-order valence-corrected chi connectivity index (χ2v) is 12.5. The minimum Gasteiger partial charge on any atom is -0.208 e. The Kier molecular flexibility index (Phi) is 7.49. The molecule has 0 fully saturated rings.